The third-order valence-electron chi connectivity index (χ3n) is 0. The van der Waals surface area contributed by atoms with Gasteiger partial charge in [-0.05, 0) is 0 Å². The summed E-state index contributed by atoms with van der Waals surface area (Å²) in [5.74, 6) is 0. The fourth-order valence-electron chi connectivity index (χ4n) is 0. The molecule has 0 aliphatic heterocycles. The fourth-order valence-corrected chi connectivity index (χ4v) is 0. The van der Waals surface area contributed by atoms with Gasteiger partial charge in [0, 0.05) is 0 Å². The number of rotatable bonds is 0. The molecule has 0 aliphatic carbocycles. The van der Waals surface area contributed by atoms with E-state index in [4.69, 9.17) is 15.1 Å². The van der Waals surface area contributed by atoms with Crippen LogP contribution in [0.15, 0.2) is 0 Å². The predicted molar refractivity (Wildman–Crippen MR) is 2.06 cm³/mol. The van der Waals surface area contributed by atoms with Crippen molar-refractivity contribution in [1.82, 2.24) is 0 Å². The quantitative estimate of drug-likeness (QED) is 0.316. The van der Waals surface area contributed by atoms with E-state index in [0.29, 0.717) is 0 Å². The molecule has 6 heavy (non-hydrogen) atoms. The summed E-state index contributed by atoms with van der Waals surface area (Å²) in [7, 11) is 0. The topological polar surface area (TPSA) is 74.3 Å². The van der Waals surface area contributed by atoms with Gasteiger partial charge in [0.15, 0.2) is 0 Å². The van der Waals surface area contributed by atoms with Gasteiger partial charge < -0.3 is 0 Å². The van der Waals surface area contributed by atoms with Crippen molar-refractivity contribution in [1.29, 1.82) is 0 Å². The van der Waals surface area contributed by atoms with Crippen molar-refractivity contribution >= 4 is 0 Å². The monoisotopic (exact) mass is 138 g/mol. The van der Waals surface area contributed by atoms with Gasteiger partial charge in [-0.2, -0.15) is 0 Å². The third-order valence-corrected chi connectivity index (χ3v) is 0. The second-order valence-electron chi connectivity index (χ2n) is 0.447. The molecular formula is NaO4V. The minimum absolute atomic E-state index is 0. The fraction of sp³-hybridized carbons (Fsp3) is 0. The van der Waals surface area contributed by atoms with Crippen molar-refractivity contribution in [3.63, 3.8) is 0 Å². The maximum absolute atomic E-state index is 8.61. The molecule has 0 spiro atoms. The van der Waals surface area contributed by atoms with E-state index >= 15 is 0 Å². The van der Waals surface area contributed by atoms with Gasteiger partial charge in [-0.25, -0.2) is 0 Å². The Morgan fingerprint density at radius 1 is 1.17 bits per heavy atom. The average molecular weight is 138 g/mol. The molecule has 0 aromatic rings. The van der Waals surface area contributed by atoms with E-state index < -0.39 is 14.2 Å². The molecule has 0 aromatic carbocycles. The molecule has 0 radical (unpaired) electrons. The summed E-state index contributed by atoms with van der Waals surface area (Å²) in [6, 6.07) is 0. The molecule has 0 unspecified atom stereocenters. The molecule has 0 amide bonds. The van der Waals surface area contributed by atoms with E-state index in [9.17, 15) is 0 Å². The Balaban J connectivity index is 0. The van der Waals surface area contributed by atoms with Crippen LogP contribution in [0.2, 0.25) is 0 Å². The Bertz CT molecular complexity index is 129. The van der Waals surface area contributed by atoms with Crippen molar-refractivity contribution in [2.45, 2.75) is 0 Å². The summed E-state index contributed by atoms with van der Waals surface area (Å²) in [6.45, 7) is 0. The van der Waals surface area contributed by atoms with Crippen LogP contribution in [0.25, 0.3) is 0 Å². The Hall–Kier alpha value is 0.944. The molecule has 0 aliphatic rings. The van der Waals surface area contributed by atoms with Crippen LogP contribution in [0, 0.1) is 0 Å². The summed E-state index contributed by atoms with van der Waals surface area (Å²) < 4.78 is 34.4. The number of hydrogen-bond acceptors (Lipinski definition) is 4. The molecule has 30 valence electrons. The van der Waals surface area contributed by atoms with Gasteiger partial charge in [-0.1, -0.05) is 0 Å². The van der Waals surface area contributed by atoms with Crippen LogP contribution in [-0.4, -0.2) is 0 Å². The molecule has 0 rings (SSSR count). The van der Waals surface area contributed by atoms with Crippen LogP contribution in [0.3, 0.4) is 0 Å². The normalized spacial score (nSPS) is 6.83. The van der Waals surface area contributed by atoms with Crippen molar-refractivity contribution < 1.29 is 58.8 Å². The second kappa shape index (κ2) is 3.01. The number of hydrogen-bond donors (Lipinski definition) is 0. The first-order valence-electron chi connectivity index (χ1n) is 0.730. The maximum atomic E-state index is 8.61. The van der Waals surface area contributed by atoms with E-state index in [0.717, 1.165) is 0 Å². The first kappa shape index (κ1) is 10.0. The summed E-state index contributed by atoms with van der Waals surface area (Å²) in [5, 5.41) is 0. The molecule has 4 nitrogen and oxygen atoms in total. The summed E-state index contributed by atoms with van der Waals surface area (Å²) in [4.78, 5) is 0. The standard InChI is InChI=1S/Na.4O.V/q+1;;;;-1;. The van der Waals surface area contributed by atoms with Crippen LogP contribution >= 0.6 is 0 Å². The van der Waals surface area contributed by atoms with Gasteiger partial charge in [-0.15, -0.1) is 0 Å². The van der Waals surface area contributed by atoms with Crippen LogP contribution in [0.1, 0.15) is 0 Å². The van der Waals surface area contributed by atoms with Crippen LogP contribution in [0.5, 0.6) is 0 Å². The Morgan fingerprint density at radius 3 is 1.17 bits per heavy atom. The van der Waals surface area contributed by atoms with Gasteiger partial charge in [0.1, 0.15) is 0 Å². The first-order valence-corrected chi connectivity index (χ1v) is 3.01. The van der Waals surface area contributed by atoms with Crippen molar-refractivity contribution in [3.8, 4) is 0 Å². The Labute approximate surface area is 58.5 Å². The molecule has 6 heteroatoms. The van der Waals surface area contributed by atoms with Crippen molar-refractivity contribution in [3.05, 3.63) is 0 Å². The van der Waals surface area contributed by atoms with E-state index in [2.05, 4.69) is 0 Å². The molecule has 0 saturated carbocycles. The molecular weight excluding hydrogens is 138 g/mol. The zero-order valence-electron chi connectivity index (χ0n) is 3.08. The van der Waals surface area contributed by atoms with Gasteiger partial charge in [0.25, 0.3) is 0 Å². The van der Waals surface area contributed by atoms with Crippen LogP contribution in [-0.2, 0) is 25.2 Å². The Kier molecular flexibility index (Phi) is 5.04. The zero-order chi connectivity index (χ0) is 4.50. The Morgan fingerprint density at radius 2 is 1.17 bits per heavy atom. The van der Waals surface area contributed by atoms with Crippen molar-refractivity contribution in [2.75, 3.05) is 0 Å². The van der Waals surface area contributed by atoms with Crippen LogP contribution in [0.4, 0.5) is 0 Å². The molecule has 0 bridgehead atoms. The van der Waals surface area contributed by atoms with Crippen LogP contribution < -0.4 is 33.6 Å². The zero-order valence-corrected chi connectivity index (χ0v) is 6.48. The third kappa shape index (κ3) is 86.2. The second-order valence-corrected chi connectivity index (χ2v) is 1.84. The minimum atomic E-state index is -5.88. The summed E-state index contributed by atoms with van der Waals surface area (Å²) in [6.07, 6.45) is 0. The molecule has 0 fully saturated rings. The van der Waals surface area contributed by atoms with Gasteiger partial charge in [0.2, 0.25) is 0 Å². The molecule has 0 N–H and O–H groups in total. The SMILES string of the molecule is [Na+].[O]=[V](=[O])(=[O])[O-]. The van der Waals surface area contributed by atoms with E-state index in [-0.39, 0.29) is 29.6 Å². The molecule has 0 atom stereocenters. The summed E-state index contributed by atoms with van der Waals surface area (Å²) >= 11 is -5.88. The predicted octanol–water partition coefficient (Wildman–Crippen LogP) is -4.54. The molecule has 0 saturated heterocycles. The molecule has 0 heterocycles. The van der Waals surface area contributed by atoms with Gasteiger partial charge >= 0.3 is 58.8 Å². The first-order chi connectivity index (χ1) is 2.00. The summed E-state index contributed by atoms with van der Waals surface area (Å²) in [5.41, 5.74) is 0. The van der Waals surface area contributed by atoms with E-state index in [1.54, 1.807) is 0 Å². The van der Waals surface area contributed by atoms with E-state index in [1.807, 2.05) is 0 Å². The molecule has 0 aromatic heterocycles. The van der Waals surface area contributed by atoms with Crippen molar-refractivity contribution in [2.24, 2.45) is 0 Å². The average Bonchev–Trinajstić information content (AvgIpc) is 0.722. The van der Waals surface area contributed by atoms with Gasteiger partial charge in [0.05, 0.1) is 0 Å². The van der Waals surface area contributed by atoms with E-state index in [1.165, 1.54) is 0 Å². The van der Waals surface area contributed by atoms with Gasteiger partial charge in [-0.3, -0.25) is 0 Å².